The standard InChI is InChI=1S/C15H19NO3/c1-5-6-11(2)16-15(17)10-12-7-8-13(18-3)14(9-12)19-4/h1,7-9,11H,6,10H2,2-4H3,(H,16,17). The monoisotopic (exact) mass is 261 g/mol. The molecule has 1 rings (SSSR count). The number of hydrogen-bond acceptors (Lipinski definition) is 3. The molecule has 0 heterocycles. The molecule has 1 aromatic carbocycles. The number of rotatable bonds is 6. The lowest BCUT2D eigenvalue weighted by Gasteiger charge is -2.12. The second kappa shape index (κ2) is 7.32. The van der Waals surface area contributed by atoms with E-state index in [1.54, 1.807) is 26.4 Å². The predicted molar refractivity (Wildman–Crippen MR) is 74.3 cm³/mol. The molecule has 0 saturated carbocycles. The first-order valence-corrected chi connectivity index (χ1v) is 6.04. The van der Waals surface area contributed by atoms with Crippen molar-refractivity contribution in [3.63, 3.8) is 0 Å². The summed E-state index contributed by atoms with van der Waals surface area (Å²) in [5, 5.41) is 2.84. The molecule has 4 nitrogen and oxygen atoms in total. The molecular formula is C15H19NO3. The molecular weight excluding hydrogens is 242 g/mol. The third-order valence-electron chi connectivity index (χ3n) is 2.64. The van der Waals surface area contributed by atoms with Gasteiger partial charge in [-0.25, -0.2) is 0 Å². The molecule has 1 atom stereocenters. The van der Waals surface area contributed by atoms with Gasteiger partial charge in [-0.05, 0) is 24.6 Å². The smallest absolute Gasteiger partial charge is 0.224 e. The highest BCUT2D eigenvalue weighted by molar-refractivity contribution is 5.79. The van der Waals surface area contributed by atoms with Gasteiger partial charge >= 0.3 is 0 Å². The number of terminal acetylenes is 1. The van der Waals surface area contributed by atoms with E-state index in [1.807, 2.05) is 13.0 Å². The number of benzene rings is 1. The average Bonchev–Trinajstić information content (AvgIpc) is 2.38. The number of ether oxygens (including phenoxy) is 2. The van der Waals surface area contributed by atoms with Crippen LogP contribution in [0.1, 0.15) is 18.9 Å². The van der Waals surface area contributed by atoms with Crippen molar-refractivity contribution in [2.45, 2.75) is 25.8 Å². The highest BCUT2D eigenvalue weighted by Gasteiger charge is 2.10. The normalized spacial score (nSPS) is 11.3. The Morgan fingerprint density at radius 2 is 2.05 bits per heavy atom. The molecule has 0 bridgehead atoms. The number of hydrogen-bond donors (Lipinski definition) is 1. The minimum atomic E-state index is -0.0602. The summed E-state index contributed by atoms with van der Waals surface area (Å²) >= 11 is 0. The SMILES string of the molecule is C#CCC(C)NC(=O)Cc1ccc(OC)c(OC)c1. The zero-order valence-corrected chi connectivity index (χ0v) is 11.5. The van der Waals surface area contributed by atoms with Crippen LogP contribution in [0.15, 0.2) is 18.2 Å². The van der Waals surface area contributed by atoms with E-state index in [0.717, 1.165) is 5.56 Å². The number of amides is 1. The van der Waals surface area contributed by atoms with E-state index in [9.17, 15) is 4.79 Å². The van der Waals surface area contributed by atoms with Crippen LogP contribution >= 0.6 is 0 Å². The first-order valence-electron chi connectivity index (χ1n) is 6.04. The van der Waals surface area contributed by atoms with Crippen LogP contribution in [-0.2, 0) is 11.2 Å². The second-order valence-corrected chi connectivity index (χ2v) is 4.24. The van der Waals surface area contributed by atoms with Crippen molar-refractivity contribution in [3.8, 4) is 23.8 Å². The molecule has 19 heavy (non-hydrogen) atoms. The fourth-order valence-corrected chi connectivity index (χ4v) is 1.73. The molecule has 1 amide bonds. The van der Waals surface area contributed by atoms with Crippen molar-refractivity contribution in [3.05, 3.63) is 23.8 Å². The molecule has 1 N–H and O–H groups in total. The van der Waals surface area contributed by atoms with Crippen LogP contribution in [0.4, 0.5) is 0 Å². The molecule has 0 aliphatic carbocycles. The third-order valence-corrected chi connectivity index (χ3v) is 2.64. The van der Waals surface area contributed by atoms with E-state index in [0.29, 0.717) is 17.9 Å². The topological polar surface area (TPSA) is 47.6 Å². The molecule has 0 radical (unpaired) electrons. The van der Waals surface area contributed by atoms with Gasteiger partial charge in [-0.3, -0.25) is 4.79 Å². The number of carbonyl (C=O) groups is 1. The van der Waals surface area contributed by atoms with E-state index >= 15 is 0 Å². The van der Waals surface area contributed by atoms with Gasteiger partial charge in [0, 0.05) is 12.5 Å². The summed E-state index contributed by atoms with van der Waals surface area (Å²) in [6, 6.07) is 5.40. The van der Waals surface area contributed by atoms with Gasteiger partial charge in [0.2, 0.25) is 5.91 Å². The lowest BCUT2D eigenvalue weighted by atomic mass is 10.1. The van der Waals surface area contributed by atoms with Crippen LogP contribution in [0.5, 0.6) is 11.5 Å². The number of carbonyl (C=O) groups excluding carboxylic acids is 1. The van der Waals surface area contributed by atoms with E-state index in [4.69, 9.17) is 15.9 Å². The van der Waals surface area contributed by atoms with Crippen molar-refractivity contribution in [2.24, 2.45) is 0 Å². The van der Waals surface area contributed by atoms with Gasteiger partial charge in [0.05, 0.1) is 20.6 Å². The first-order chi connectivity index (χ1) is 9.10. The molecule has 102 valence electrons. The molecule has 0 spiro atoms. The molecule has 0 aromatic heterocycles. The molecule has 0 fully saturated rings. The number of nitrogens with one attached hydrogen (secondary N) is 1. The van der Waals surface area contributed by atoms with E-state index in [-0.39, 0.29) is 18.4 Å². The van der Waals surface area contributed by atoms with Crippen molar-refractivity contribution in [1.29, 1.82) is 0 Å². The van der Waals surface area contributed by atoms with Crippen LogP contribution in [0.3, 0.4) is 0 Å². The summed E-state index contributed by atoms with van der Waals surface area (Å²) < 4.78 is 10.3. The first kappa shape index (κ1) is 14.9. The largest absolute Gasteiger partial charge is 0.493 e. The quantitative estimate of drug-likeness (QED) is 0.794. The van der Waals surface area contributed by atoms with E-state index in [1.165, 1.54) is 0 Å². The zero-order chi connectivity index (χ0) is 14.3. The molecule has 0 saturated heterocycles. The Morgan fingerprint density at radius 1 is 1.37 bits per heavy atom. The van der Waals surface area contributed by atoms with Gasteiger partial charge in [-0.15, -0.1) is 12.3 Å². The lowest BCUT2D eigenvalue weighted by molar-refractivity contribution is -0.121. The Balaban J connectivity index is 2.67. The van der Waals surface area contributed by atoms with Gasteiger partial charge in [0.15, 0.2) is 11.5 Å². The highest BCUT2D eigenvalue weighted by Crippen LogP contribution is 2.27. The Hall–Kier alpha value is -2.15. The highest BCUT2D eigenvalue weighted by atomic mass is 16.5. The molecule has 0 aliphatic heterocycles. The van der Waals surface area contributed by atoms with E-state index in [2.05, 4.69) is 11.2 Å². The fourth-order valence-electron chi connectivity index (χ4n) is 1.73. The number of methoxy groups -OCH3 is 2. The maximum atomic E-state index is 11.8. The van der Waals surface area contributed by atoms with Crippen LogP contribution in [0, 0.1) is 12.3 Å². The van der Waals surface area contributed by atoms with Crippen LogP contribution < -0.4 is 14.8 Å². The minimum absolute atomic E-state index is 0.0161. The van der Waals surface area contributed by atoms with Gasteiger partial charge in [-0.1, -0.05) is 6.07 Å². The summed E-state index contributed by atoms with van der Waals surface area (Å²) in [4.78, 5) is 11.8. The van der Waals surface area contributed by atoms with Crippen molar-refractivity contribution < 1.29 is 14.3 Å². The summed E-state index contributed by atoms with van der Waals surface area (Å²) in [5.74, 6) is 3.72. The minimum Gasteiger partial charge on any atom is -0.493 e. The van der Waals surface area contributed by atoms with Crippen molar-refractivity contribution in [1.82, 2.24) is 5.32 Å². The van der Waals surface area contributed by atoms with Crippen molar-refractivity contribution >= 4 is 5.91 Å². The summed E-state index contributed by atoms with van der Waals surface area (Å²) in [5.41, 5.74) is 0.864. The van der Waals surface area contributed by atoms with E-state index < -0.39 is 0 Å². The molecule has 1 unspecified atom stereocenters. The molecule has 1 aromatic rings. The van der Waals surface area contributed by atoms with Crippen LogP contribution in [-0.4, -0.2) is 26.2 Å². The Kier molecular flexibility index (Phi) is 5.74. The van der Waals surface area contributed by atoms with Gasteiger partial charge in [-0.2, -0.15) is 0 Å². The second-order valence-electron chi connectivity index (χ2n) is 4.24. The van der Waals surface area contributed by atoms with Gasteiger partial charge in [0.25, 0.3) is 0 Å². The summed E-state index contributed by atoms with van der Waals surface area (Å²) in [7, 11) is 3.14. The lowest BCUT2D eigenvalue weighted by Crippen LogP contribution is -2.33. The maximum Gasteiger partial charge on any atom is 0.224 e. The Morgan fingerprint density at radius 3 is 2.63 bits per heavy atom. The fraction of sp³-hybridized carbons (Fsp3) is 0.400. The molecule has 4 heteroatoms. The summed E-state index contributed by atoms with van der Waals surface area (Å²) in [6.07, 6.45) is 6.01. The predicted octanol–water partition coefficient (Wildman–Crippen LogP) is 1.77. The average molecular weight is 261 g/mol. The van der Waals surface area contributed by atoms with Crippen LogP contribution in [0.25, 0.3) is 0 Å². The summed E-state index contributed by atoms with van der Waals surface area (Å²) in [6.45, 7) is 1.88. The molecule has 0 aliphatic rings. The van der Waals surface area contributed by atoms with Crippen molar-refractivity contribution in [2.75, 3.05) is 14.2 Å². The Bertz CT molecular complexity index is 477. The Labute approximate surface area is 114 Å². The van der Waals surface area contributed by atoms with Gasteiger partial charge in [0.1, 0.15) is 0 Å². The maximum absolute atomic E-state index is 11.8. The van der Waals surface area contributed by atoms with Crippen LogP contribution in [0.2, 0.25) is 0 Å². The zero-order valence-electron chi connectivity index (χ0n) is 11.5. The third kappa shape index (κ3) is 4.55. The van der Waals surface area contributed by atoms with Gasteiger partial charge < -0.3 is 14.8 Å².